The Kier molecular flexibility index (Phi) is 3.46. The SMILES string of the molecule is C[Si](Cl)(Cl)Cn1c(Cl)cccc1=O. The van der Waals surface area contributed by atoms with Gasteiger partial charge in [-0.05, 0) is 12.6 Å². The predicted molar refractivity (Wildman–Crippen MR) is 59.0 cm³/mol. The van der Waals surface area contributed by atoms with Crippen molar-refractivity contribution in [2.24, 2.45) is 0 Å². The molecule has 1 heterocycles. The first-order valence-corrected chi connectivity index (χ1v) is 8.74. The van der Waals surface area contributed by atoms with Crippen molar-refractivity contribution in [1.82, 2.24) is 4.57 Å². The van der Waals surface area contributed by atoms with E-state index in [1.807, 2.05) is 0 Å². The van der Waals surface area contributed by atoms with Gasteiger partial charge in [0.1, 0.15) is 5.15 Å². The minimum Gasteiger partial charge on any atom is -0.299 e. The molecular formula is C7H8Cl3NOSi. The van der Waals surface area contributed by atoms with Gasteiger partial charge in [0.05, 0.1) is 0 Å². The summed E-state index contributed by atoms with van der Waals surface area (Å²) in [6.45, 7) is -0.596. The Labute approximate surface area is 91.5 Å². The van der Waals surface area contributed by atoms with E-state index in [4.69, 9.17) is 33.8 Å². The lowest BCUT2D eigenvalue weighted by molar-refractivity contribution is 0.820. The van der Waals surface area contributed by atoms with Gasteiger partial charge in [-0.2, -0.15) is 0 Å². The van der Waals surface area contributed by atoms with E-state index in [0.29, 0.717) is 11.3 Å². The molecule has 2 nitrogen and oxygen atoms in total. The van der Waals surface area contributed by atoms with E-state index >= 15 is 0 Å². The highest BCUT2D eigenvalue weighted by Crippen LogP contribution is 2.17. The Hall–Kier alpha value is 0.0369. The van der Waals surface area contributed by atoms with Crippen molar-refractivity contribution in [3.8, 4) is 0 Å². The van der Waals surface area contributed by atoms with Crippen molar-refractivity contribution in [3.63, 3.8) is 0 Å². The van der Waals surface area contributed by atoms with Crippen LogP contribution in [0.5, 0.6) is 0 Å². The Bertz CT molecular complexity index is 357. The number of halogens is 3. The molecule has 6 heteroatoms. The van der Waals surface area contributed by atoms with Gasteiger partial charge >= 0.3 is 0 Å². The standard InChI is InChI=1S/C7H8Cl3NOSi/c1-13(9,10)5-11-6(8)3-2-4-7(11)12/h2-4H,5H2,1H3. The fourth-order valence-electron chi connectivity index (χ4n) is 0.926. The van der Waals surface area contributed by atoms with Gasteiger partial charge in [-0.1, -0.05) is 17.7 Å². The van der Waals surface area contributed by atoms with E-state index in [1.165, 1.54) is 10.6 Å². The van der Waals surface area contributed by atoms with Crippen molar-refractivity contribution < 1.29 is 0 Å². The normalized spacial score (nSPS) is 11.7. The molecule has 0 bridgehead atoms. The molecule has 1 aromatic heterocycles. The zero-order valence-corrected chi connectivity index (χ0v) is 10.2. The van der Waals surface area contributed by atoms with Gasteiger partial charge in [-0.25, -0.2) is 0 Å². The molecule has 0 aliphatic heterocycles. The lowest BCUT2D eigenvalue weighted by atomic mass is 10.5. The van der Waals surface area contributed by atoms with Crippen molar-refractivity contribution in [1.29, 1.82) is 0 Å². The number of aromatic nitrogens is 1. The van der Waals surface area contributed by atoms with Crippen LogP contribution < -0.4 is 5.56 Å². The minimum absolute atomic E-state index is 0.174. The molecule has 1 rings (SSSR count). The van der Waals surface area contributed by atoms with Crippen LogP contribution in [0.3, 0.4) is 0 Å². The van der Waals surface area contributed by atoms with Gasteiger partial charge in [0.25, 0.3) is 12.3 Å². The van der Waals surface area contributed by atoms with Crippen molar-refractivity contribution in [2.75, 3.05) is 0 Å². The van der Waals surface area contributed by atoms with Crippen LogP contribution in [-0.4, -0.2) is 11.3 Å². The van der Waals surface area contributed by atoms with Crippen LogP contribution in [0.4, 0.5) is 0 Å². The van der Waals surface area contributed by atoms with Gasteiger partial charge in [0, 0.05) is 12.2 Å². The largest absolute Gasteiger partial charge is 0.299 e. The Morgan fingerprint density at radius 1 is 1.46 bits per heavy atom. The molecule has 0 saturated carbocycles. The number of pyridine rings is 1. The lowest BCUT2D eigenvalue weighted by Gasteiger charge is -2.13. The second-order valence-corrected chi connectivity index (χ2v) is 11.3. The summed E-state index contributed by atoms with van der Waals surface area (Å²) in [6.07, 6.45) is 0.314. The topological polar surface area (TPSA) is 22.0 Å². The van der Waals surface area contributed by atoms with Crippen LogP contribution in [0.25, 0.3) is 0 Å². The first-order valence-electron chi connectivity index (χ1n) is 3.63. The summed E-state index contributed by atoms with van der Waals surface area (Å²) in [6, 6.07) is 4.67. The maximum Gasteiger partial charge on any atom is 0.267 e. The summed E-state index contributed by atoms with van der Waals surface area (Å²) in [5.74, 6) is 0. The molecular weight excluding hydrogens is 249 g/mol. The van der Waals surface area contributed by atoms with Crippen molar-refractivity contribution in [2.45, 2.75) is 12.7 Å². The van der Waals surface area contributed by atoms with Gasteiger partial charge in [-0.15, -0.1) is 22.2 Å². The Morgan fingerprint density at radius 3 is 2.54 bits per heavy atom. The monoisotopic (exact) mass is 255 g/mol. The van der Waals surface area contributed by atoms with Crippen LogP contribution in [0.1, 0.15) is 0 Å². The molecule has 0 radical (unpaired) electrons. The van der Waals surface area contributed by atoms with E-state index in [2.05, 4.69) is 0 Å². The lowest BCUT2D eigenvalue weighted by Crippen LogP contribution is -2.30. The molecule has 0 spiro atoms. The van der Waals surface area contributed by atoms with E-state index in [0.717, 1.165) is 0 Å². The highest BCUT2D eigenvalue weighted by molar-refractivity contribution is 7.44. The number of nitrogens with zero attached hydrogens (tertiary/aromatic N) is 1. The van der Waals surface area contributed by atoms with Gasteiger partial charge in [0.2, 0.25) is 0 Å². The third kappa shape index (κ3) is 3.35. The summed E-state index contributed by atoms with van der Waals surface area (Å²) < 4.78 is 1.38. The molecule has 0 N–H and O–H groups in total. The quantitative estimate of drug-likeness (QED) is 0.453. The summed E-state index contributed by atoms with van der Waals surface area (Å²) in [7, 11) is 0. The van der Waals surface area contributed by atoms with E-state index < -0.39 is 6.69 Å². The van der Waals surface area contributed by atoms with Crippen LogP contribution >= 0.6 is 33.8 Å². The minimum atomic E-state index is -2.34. The fourth-order valence-corrected chi connectivity index (χ4v) is 2.84. The highest BCUT2D eigenvalue weighted by atomic mass is 35.7. The number of rotatable bonds is 2. The molecule has 13 heavy (non-hydrogen) atoms. The summed E-state index contributed by atoms with van der Waals surface area (Å²) >= 11 is 17.6. The third-order valence-corrected chi connectivity index (χ3v) is 3.35. The number of hydrogen-bond acceptors (Lipinski definition) is 1. The van der Waals surface area contributed by atoms with Crippen LogP contribution in [-0.2, 0) is 6.17 Å². The van der Waals surface area contributed by atoms with Crippen LogP contribution in [0.2, 0.25) is 11.7 Å². The maximum absolute atomic E-state index is 11.3. The van der Waals surface area contributed by atoms with E-state index in [9.17, 15) is 4.79 Å². The molecule has 0 aliphatic carbocycles. The smallest absolute Gasteiger partial charge is 0.267 e. The van der Waals surface area contributed by atoms with Crippen LogP contribution in [0, 0.1) is 0 Å². The molecule has 0 atom stereocenters. The Morgan fingerprint density at radius 2 is 2.08 bits per heavy atom. The molecule has 0 aliphatic rings. The van der Waals surface area contributed by atoms with E-state index in [1.54, 1.807) is 18.7 Å². The second-order valence-electron chi connectivity index (χ2n) is 2.84. The maximum atomic E-state index is 11.3. The van der Waals surface area contributed by atoms with Gasteiger partial charge in [-0.3, -0.25) is 9.36 Å². The predicted octanol–water partition coefficient (Wildman–Crippen LogP) is 2.59. The fraction of sp³-hybridized carbons (Fsp3) is 0.286. The average molecular weight is 257 g/mol. The van der Waals surface area contributed by atoms with Gasteiger partial charge < -0.3 is 0 Å². The highest BCUT2D eigenvalue weighted by Gasteiger charge is 2.23. The van der Waals surface area contributed by atoms with Crippen LogP contribution in [0.15, 0.2) is 23.0 Å². The molecule has 72 valence electrons. The Balaban J connectivity index is 3.08. The summed E-state index contributed by atoms with van der Waals surface area (Å²) in [5.41, 5.74) is -0.174. The number of hydrogen-bond donors (Lipinski definition) is 0. The first kappa shape index (κ1) is 11.1. The van der Waals surface area contributed by atoms with Crippen molar-refractivity contribution >= 4 is 40.5 Å². The average Bonchev–Trinajstić information content (AvgIpc) is 1.95. The second kappa shape index (κ2) is 4.05. The molecule has 0 saturated heterocycles. The zero-order valence-electron chi connectivity index (χ0n) is 6.93. The summed E-state index contributed by atoms with van der Waals surface area (Å²) in [5, 5.41) is 0.368. The molecule has 0 amide bonds. The van der Waals surface area contributed by atoms with Crippen molar-refractivity contribution in [3.05, 3.63) is 33.7 Å². The van der Waals surface area contributed by atoms with Gasteiger partial charge in [0.15, 0.2) is 0 Å². The molecule has 0 aromatic carbocycles. The molecule has 0 unspecified atom stereocenters. The zero-order chi connectivity index (χ0) is 10.1. The first-order chi connectivity index (χ1) is 5.90. The summed E-state index contributed by atoms with van der Waals surface area (Å²) in [4.78, 5) is 11.3. The third-order valence-electron chi connectivity index (χ3n) is 1.43. The molecule has 1 aromatic rings. The van der Waals surface area contributed by atoms with E-state index in [-0.39, 0.29) is 5.56 Å². The molecule has 0 fully saturated rings.